The van der Waals surface area contributed by atoms with Gasteiger partial charge < -0.3 is 5.73 Å². The third-order valence-electron chi connectivity index (χ3n) is 12.0. The minimum Gasteiger partial charge on any atom is -0.330 e. The maximum atomic E-state index is 6.00. The van der Waals surface area contributed by atoms with Crippen LogP contribution in [-0.4, -0.2) is 6.54 Å². The van der Waals surface area contributed by atoms with Gasteiger partial charge >= 0.3 is 0 Å². The van der Waals surface area contributed by atoms with E-state index in [9.17, 15) is 0 Å². The standard InChI is InChI=1S/C39H77N/c1-13-30(6)26-38(28(2)3)35(25-31(7)24-32(8)27-40)20-17-19-34(10)37-22-21-36(37)33(9)18-15-14-16-23-39(11,12)29(4)5/h15,18,28-38H,13-14,16-17,19-27,40H2,1-12H3. The van der Waals surface area contributed by atoms with E-state index in [-0.39, 0.29) is 0 Å². The van der Waals surface area contributed by atoms with Crippen molar-refractivity contribution in [3.05, 3.63) is 12.2 Å². The van der Waals surface area contributed by atoms with Crippen LogP contribution < -0.4 is 5.73 Å². The van der Waals surface area contributed by atoms with E-state index in [1.807, 2.05) is 0 Å². The highest BCUT2D eigenvalue weighted by Crippen LogP contribution is 2.46. The summed E-state index contributed by atoms with van der Waals surface area (Å²) in [7, 11) is 0. The molecule has 9 unspecified atom stereocenters. The predicted octanol–water partition coefficient (Wildman–Crippen LogP) is 12.2. The van der Waals surface area contributed by atoms with Gasteiger partial charge in [0.15, 0.2) is 0 Å². The Bertz CT molecular complexity index is 660. The first kappa shape index (κ1) is 37.7. The van der Waals surface area contributed by atoms with Crippen LogP contribution in [0.2, 0.25) is 0 Å². The Labute approximate surface area is 254 Å². The Balaban J connectivity index is 2.65. The first-order chi connectivity index (χ1) is 18.7. The second-order valence-corrected chi connectivity index (χ2v) is 16.5. The third kappa shape index (κ3) is 13.3. The molecule has 0 aromatic heterocycles. The Morgan fingerprint density at radius 3 is 1.95 bits per heavy atom. The fourth-order valence-electron chi connectivity index (χ4n) is 7.79. The van der Waals surface area contributed by atoms with Crippen LogP contribution in [0.1, 0.15) is 160 Å². The SMILES string of the molecule is CCC(C)CC(C(C)C)C(CCCC(C)C1CCC1C(C)C=CCCCC(C)(C)C(C)C)CC(C)CC(C)CN. The molecule has 1 fully saturated rings. The molecule has 9 atom stereocenters. The lowest BCUT2D eigenvalue weighted by Gasteiger charge is -2.44. The van der Waals surface area contributed by atoms with Crippen molar-refractivity contribution in [1.82, 2.24) is 0 Å². The largest absolute Gasteiger partial charge is 0.330 e. The van der Waals surface area contributed by atoms with Gasteiger partial charge in [-0.2, -0.15) is 0 Å². The van der Waals surface area contributed by atoms with Gasteiger partial charge in [-0.1, -0.05) is 121 Å². The number of hydrogen-bond donors (Lipinski definition) is 1. The zero-order valence-electron chi connectivity index (χ0n) is 29.8. The lowest BCUT2D eigenvalue weighted by molar-refractivity contribution is 0.0737. The summed E-state index contributed by atoms with van der Waals surface area (Å²) in [6, 6.07) is 0. The molecule has 0 amide bonds. The Hall–Kier alpha value is -0.300. The van der Waals surface area contributed by atoms with E-state index in [1.54, 1.807) is 0 Å². The number of hydrogen-bond acceptors (Lipinski definition) is 1. The molecule has 1 rings (SSSR count). The molecule has 0 spiro atoms. The molecule has 0 aliphatic heterocycles. The molecule has 0 saturated heterocycles. The van der Waals surface area contributed by atoms with Gasteiger partial charge in [-0.05, 0) is 128 Å². The number of nitrogens with two attached hydrogens (primary N) is 1. The Morgan fingerprint density at radius 1 is 0.775 bits per heavy atom. The zero-order chi connectivity index (χ0) is 30.5. The van der Waals surface area contributed by atoms with Gasteiger partial charge in [-0.15, -0.1) is 0 Å². The van der Waals surface area contributed by atoms with Crippen molar-refractivity contribution in [1.29, 1.82) is 0 Å². The molecule has 238 valence electrons. The average Bonchev–Trinajstić information content (AvgIpc) is 2.85. The summed E-state index contributed by atoms with van der Waals surface area (Å²) in [4.78, 5) is 0. The molecule has 0 bridgehead atoms. The lowest BCUT2D eigenvalue weighted by Crippen LogP contribution is -2.35. The first-order valence-corrected chi connectivity index (χ1v) is 18.1. The summed E-state index contributed by atoms with van der Waals surface area (Å²) in [5, 5.41) is 0. The molecule has 1 aliphatic carbocycles. The van der Waals surface area contributed by atoms with Crippen molar-refractivity contribution in [3.8, 4) is 0 Å². The van der Waals surface area contributed by atoms with Crippen molar-refractivity contribution in [3.63, 3.8) is 0 Å². The zero-order valence-corrected chi connectivity index (χ0v) is 29.8. The maximum absolute atomic E-state index is 6.00. The molecule has 1 heteroatoms. The van der Waals surface area contributed by atoms with Crippen LogP contribution in [0, 0.1) is 70.5 Å². The molecule has 40 heavy (non-hydrogen) atoms. The van der Waals surface area contributed by atoms with Crippen molar-refractivity contribution in [2.24, 2.45) is 76.2 Å². The van der Waals surface area contributed by atoms with E-state index in [1.165, 1.54) is 77.0 Å². The lowest BCUT2D eigenvalue weighted by atomic mass is 9.61. The minimum atomic E-state index is 0.470. The summed E-state index contributed by atoms with van der Waals surface area (Å²) in [5.41, 5.74) is 6.47. The third-order valence-corrected chi connectivity index (χ3v) is 12.0. The molecular weight excluding hydrogens is 482 g/mol. The quantitative estimate of drug-likeness (QED) is 0.104. The van der Waals surface area contributed by atoms with Crippen molar-refractivity contribution in [2.45, 2.75) is 160 Å². The number of allylic oxidation sites excluding steroid dienone is 2. The average molecular weight is 560 g/mol. The van der Waals surface area contributed by atoms with Gasteiger partial charge in [0, 0.05) is 0 Å². The molecule has 0 heterocycles. The number of unbranched alkanes of at least 4 members (excludes halogenated alkanes) is 1. The highest BCUT2D eigenvalue weighted by molar-refractivity contribution is 4.97. The van der Waals surface area contributed by atoms with Crippen molar-refractivity contribution >= 4 is 0 Å². The fourth-order valence-corrected chi connectivity index (χ4v) is 7.79. The first-order valence-electron chi connectivity index (χ1n) is 18.1. The molecule has 0 aromatic carbocycles. The topological polar surface area (TPSA) is 26.0 Å². The molecule has 2 N–H and O–H groups in total. The number of rotatable bonds is 22. The summed E-state index contributed by atoms with van der Waals surface area (Å²) >= 11 is 0. The summed E-state index contributed by atoms with van der Waals surface area (Å²) in [6.07, 6.45) is 21.7. The summed E-state index contributed by atoms with van der Waals surface area (Å²) < 4.78 is 0. The van der Waals surface area contributed by atoms with Gasteiger partial charge in [-0.3, -0.25) is 0 Å². The molecule has 1 nitrogen and oxygen atoms in total. The van der Waals surface area contributed by atoms with E-state index in [2.05, 4.69) is 95.2 Å². The van der Waals surface area contributed by atoms with Gasteiger partial charge in [0.25, 0.3) is 0 Å². The molecule has 0 radical (unpaired) electrons. The maximum Gasteiger partial charge on any atom is -0.00514 e. The van der Waals surface area contributed by atoms with E-state index < -0.39 is 0 Å². The van der Waals surface area contributed by atoms with E-state index in [0.717, 1.165) is 65.7 Å². The van der Waals surface area contributed by atoms with Crippen LogP contribution in [0.5, 0.6) is 0 Å². The van der Waals surface area contributed by atoms with E-state index in [0.29, 0.717) is 11.3 Å². The minimum absolute atomic E-state index is 0.470. The molecular formula is C39H77N. The predicted molar refractivity (Wildman–Crippen MR) is 183 cm³/mol. The van der Waals surface area contributed by atoms with Crippen LogP contribution in [0.15, 0.2) is 12.2 Å². The van der Waals surface area contributed by atoms with Crippen LogP contribution in [0.25, 0.3) is 0 Å². The fraction of sp³-hybridized carbons (Fsp3) is 0.949. The van der Waals surface area contributed by atoms with E-state index in [4.69, 9.17) is 5.73 Å². The van der Waals surface area contributed by atoms with Crippen LogP contribution >= 0.6 is 0 Å². The van der Waals surface area contributed by atoms with Crippen molar-refractivity contribution < 1.29 is 0 Å². The second kappa shape index (κ2) is 19.1. The Kier molecular flexibility index (Phi) is 18.0. The molecule has 1 aliphatic rings. The highest BCUT2D eigenvalue weighted by Gasteiger charge is 2.37. The van der Waals surface area contributed by atoms with Crippen LogP contribution in [0.3, 0.4) is 0 Å². The smallest absolute Gasteiger partial charge is 0.00514 e. The highest BCUT2D eigenvalue weighted by atomic mass is 14.5. The summed E-state index contributed by atoms with van der Waals surface area (Å²) in [6.45, 7) is 30.2. The van der Waals surface area contributed by atoms with E-state index >= 15 is 0 Å². The van der Waals surface area contributed by atoms with Crippen LogP contribution in [-0.2, 0) is 0 Å². The normalized spacial score (nSPS) is 23.7. The van der Waals surface area contributed by atoms with Crippen LogP contribution in [0.4, 0.5) is 0 Å². The Morgan fingerprint density at radius 2 is 1.43 bits per heavy atom. The van der Waals surface area contributed by atoms with Gasteiger partial charge in [0.1, 0.15) is 0 Å². The molecule has 1 saturated carbocycles. The second-order valence-electron chi connectivity index (χ2n) is 16.5. The monoisotopic (exact) mass is 560 g/mol. The molecule has 0 aromatic rings. The van der Waals surface area contributed by atoms with Gasteiger partial charge in [-0.25, -0.2) is 0 Å². The van der Waals surface area contributed by atoms with Gasteiger partial charge in [0.05, 0.1) is 0 Å². The van der Waals surface area contributed by atoms with Crippen molar-refractivity contribution in [2.75, 3.05) is 6.54 Å². The van der Waals surface area contributed by atoms with Gasteiger partial charge in [0.2, 0.25) is 0 Å². The summed E-state index contributed by atoms with van der Waals surface area (Å²) in [5.74, 6) is 9.08.